The lowest BCUT2D eigenvalue weighted by Crippen LogP contribution is -2.33. The first kappa shape index (κ1) is 17.4. The highest BCUT2D eigenvalue weighted by Crippen LogP contribution is 2.40. The highest BCUT2D eigenvalue weighted by atomic mass is 19.1. The average Bonchev–Trinajstić information content (AvgIpc) is 2.64. The molecule has 4 heteroatoms. The molecule has 2 fully saturated rings. The summed E-state index contributed by atoms with van der Waals surface area (Å²) in [5.74, 6) is 1.01. The van der Waals surface area contributed by atoms with Gasteiger partial charge < -0.3 is 9.47 Å². The molecule has 1 aliphatic heterocycles. The molecule has 2 nitrogen and oxygen atoms in total. The normalized spacial score (nSPS) is 30.8. The van der Waals surface area contributed by atoms with Gasteiger partial charge >= 0.3 is 0 Å². The Kier molecular flexibility index (Phi) is 5.88. The second-order valence-corrected chi connectivity index (χ2v) is 7.00. The Morgan fingerprint density at radius 3 is 2.54 bits per heavy atom. The summed E-state index contributed by atoms with van der Waals surface area (Å²) in [4.78, 5) is 0. The van der Waals surface area contributed by atoms with Crippen molar-refractivity contribution >= 4 is 0 Å². The fourth-order valence-electron chi connectivity index (χ4n) is 4.12. The van der Waals surface area contributed by atoms with E-state index in [1.807, 2.05) is 12.1 Å². The van der Waals surface area contributed by atoms with Crippen LogP contribution in [0.1, 0.15) is 50.0 Å². The van der Waals surface area contributed by atoms with Crippen LogP contribution in [0.4, 0.5) is 8.78 Å². The molecule has 0 bridgehead atoms. The van der Waals surface area contributed by atoms with E-state index in [0.717, 1.165) is 44.3 Å². The molecule has 0 spiro atoms. The van der Waals surface area contributed by atoms with Gasteiger partial charge in [0.2, 0.25) is 6.86 Å². The molecule has 1 aliphatic carbocycles. The molecular weight excluding hydrogens is 310 g/mol. The van der Waals surface area contributed by atoms with Gasteiger partial charge in [0.15, 0.2) is 11.6 Å². The van der Waals surface area contributed by atoms with Crippen molar-refractivity contribution < 1.29 is 18.3 Å². The summed E-state index contributed by atoms with van der Waals surface area (Å²) in [6, 6.07) is 4.91. The van der Waals surface area contributed by atoms with Gasteiger partial charge in [0.25, 0.3) is 0 Å². The van der Waals surface area contributed by atoms with Crippen LogP contribution in [0.25, 0.3) is 0 Å². The highest BCUT2D eigenvalue weighted by molar-refractivity contribution is 5.31. The van der Waals surface area contributed by atoms with E-state index in [-0.39, 0.29) is 5.75 Å². The first-order valence-corrected chi connectivity index (χ1v) is 8.93. The van der Waals surface area contributed by atoms with Gasteiger partial charge in [-0.25, -0.2) is 8.78 Å². The minimum atomic E-state index is -1.00. The average molecular weight is 336 g/mol. The van der Waals surface area contributed by atoms with E-state index in [9.17, 15) is 8.78 Å². The van der Waals surface area contributed by atoms with Crippen LogP contribution in [0.15, 0.2) is 30.9 Å². The molecule has 2 aliphatic rings. The van der Waals surface area contributed by atoms with E-state index in [4.69, 9.17) is 4.74 Å². The van der Waals surface area contributed by atoms with Gasteiger partial charge in [-0.2, -0.15) is 0 Å². The van der Waals surface area contributed by atoms with Gasteiger partial charge in [0.1, 0.15) is 0 Å². The molecule has 132 valence electrons. The zero-order valence-electron chi connectivity index (χ0n) is 14.1. The van der Waals surface area contributed by atoms with Gasteiger partial charge in [0.05, 0.1) is 12.7 Å². The fraction of sp³-hybridized carbons (Fsp3) is 0.600. The van der Waals surface area contributed by atoms with Crippen LogP contribution in [-0.4, -0.2) is 19.6 Å². The summed E-state index contributed by atoms with van der Waals surface area (Å²) in [6.45, 7) is 3.65. The SMILES string of the molecule is C=CC1CCC(C2CCC(c3ccc(OCF)c(F)c3)CC2)OC1. The van der Waals surface area contributed by atoms with E-state index >= 15 is 0 Å². The van der Waals surface area contributed by atoms with Crippen molar-refractivity contribution in [1.29, 1.82) is 0 Å². The summed E-state index contributed by atoms with van der Waals surface area (Å²) in [5, 5.41) is 0. The first-order chi connectivity index (χ1) is 11.7. The van der Waals surface area contributed by atoms with Crippen LogP contribution in [-0.2, 0) is 4.74 Å². The number of hydrogen-bond donors (Lipinski definition) is 0. The Morgan fingerprint density at radius 2 is 1.96 bits per heavy atom. The van der Waals surface area contributed by atoms with Crippen molar-refractivity contribution in [3.05, 3.63) is 42.2 Å². The number of ether oxygens (including phenoxy) is 2. The van der Waals surface area contributed by atoms with Crippen molar-refractivity contribution in [3.63, 3.8) is 0 Å². The topological polar surface area (TPSA) is 18.5 Å². The summed E-state index contributed by atoms with van der Waals surface area (Å²) < 4.78 is 36.8. The second-order valence-electron chi connectivity index (χ2n) is 7.00. The fourth-order valence-corrected chi connectivity index (χ4v) is 4.12. The molecule has 3 rings (SSSR count). The second kappa shape index (κ2) is 8.11. The maximum atomic E-state index is 13.9. The van der Waals surface area contributed by atoms with E-state index in [2.05, 4.69) is 11.3 Å². The molecule has 1 heterocycles. The van der Waals surface area contributed by atoms with Crippen molar-refractivity contribution in [3.8, 4) is 5.75 Å². The lowest BCUT2D eigenvalue weighted by Gasteiger charge is -2.37. The molecule has 1 aromatic carbocycles. The molecule has 1 saturated heterocycles. The Labute approximate surface area is 142 Å². The number of hydrogen-bond acceptors (Lipinski definition) is 2. The predicted octanol–water partition coefficient (Wildman–Crippen LogP) is 5.39. The molecule has 0 aromatic heterocycles. The lowest BCUT2D eigenvalue weighted by molar-refractivity contribution is -0.0469. The third-order valence-electron chi connectivity index (χ3n) is 5.61. The van der Waals surface area contributed by atoms with Crippen molar-refractivity contribution in [2.45, 2.75) is 50.5 Å². The molecule has 24 heavy (non-hydrogen) atoms. The zero-order chi connectivity index (χ0) is 16.9. The summed E-state index contributed by atoms with van der Waals surface area (Å²) in [7, 11) is 0. The van der Waals surface area contributed by atoms with E-state index in [1.165, 1.54) is 18.6 Å². The largest absolute Gasteiger partial charge is 0.460 e. The van der Waals surface area contributed by atoms with E-state index in [1.54, 1.807) is 0 Å². The van der Waals surface area contributed by atoms with Gasteiger partial charge in [-0.1, -0.05) is 12.1 Å². The molecule has 0 amide bonds. The van der Waals surface area contributed by atoms with Crippen molar-refractivity contribution in [2.24, 2.45) is 11.8 Å². The van der Waals surface area contributed by atoms with Crippen LogP contribution in [0.3, 0.4) is 0 Å². The van der Waals surface area contributed by atoms with E-state index in [0.29, 0.717) is 23.9 Å². The first-order valence-electron chi connectivity index (χ1n) is 8.93. The summed E-state index contributed by atoms with van der Waals surface area (Å²) in [6.07, 6.45) is 9.02. The molecule has 2 unspecified atom stereocenters. The molecule has 0 radical (unpaired) electrons. The zero-order valence-corrected chi connectivity index (χ0v) is 14.1. The summed E-state index contributed by atoms with van der Waals surface area (Å²) in [5.41, 5.74) is 0.994. The number of rotatable bonds is 5. The Hall–Kier alpha value is -1.42. The van der Waals surface area contributed by atoms with Gasteiger partial charge in [0, 0.05) is 5.92 Å². The number of alkyl halides is 1. The van der Waals surface area contributed by atoms with Crippen LogP contribution >= 0.6 is 0 Å². The maximum Gasteiger partial charge on any atom is 0.228 e. The minimum absolute atomic E-state index is 0.0117. The van der Waals surface area contributed by atoms with Crippen molar-refractivity contribution in [2.75, 3.05) is 13.5 Å². The van der Waals surface area contributed by atoms with Crippen LogP contribution in [0.2, 0.25) is 0 Å². The number of benzene rings is 1. The Bertz CT molecular complexity index is 545. The van der Waals surface area contributed by atoms with Crippen LogP contribution in [0.5, 0.6) is 5.75 Å². The van der Waals surface area contributed by atoms with Gasteiger partial charge in [-0.3, -0.25) is 0 Å². The van der Waals surface area contributed by atoms with Gasteiger partial charge in [-0.15, -0.1) is 6.58 Å². The maximum absolute atomic E-state index is 13.9. The molecular formula is C20H26F2O2. The Morgan fingerprint density at radius 1 is 1.17 bits per heavy atom. The standard InChI is InChI=1S/C20H26F2O2/c1-2-14-3-9-19(23-12-14)16-6-4-15(5-7-16)17-8-10-20(24-13-21)18(22)11-17/h2,8,10-11,14-16,19H,1,3-7,9,12-13H2. The monoisotopic (exact) mass is 336 g/mol. The minimum Gasteiger partial charge on any atom is -0.460 e. The summed E-state index contributed by atoms with van der Waals surface area (Å²) >= 11 is 0. The third-order valence-corrected chi connectivity index (χ3v) is 5.61. The third kappa shape index (κ3) is 3.97. The molecule has 1 aromatic rings. The molecule has 2 atom stereocenters. The smallest absolute Gasteiger partial charge is 0.228 e. The quantitative estimate of drug-likeness (QED) is 0.672. The molecule has 1 saturated carbocycles. The van der Waals surface area contributed by atoms with Gasteiger partial charge in [-0.05, 0) is 68.1 Å². The molecule has 0 N–H and O–H groups in total. The van der Waals surface area contributed by atoms with Crippen LogP contribution < -0.4 is 4.74 Å². The van der Waals surface area contributed by atoms with E-state index < -0.39 is 12.7 Å². The van der Waals surface area contributed by atoms with Crippen LogP contribution in [0, 0.1) is 17.7 Å². The predicted molar refractivity (Wildman–Crippen MR) is 90.4 cm³/mol. The highest BCUT2D eigenvalue weighted by Gasteiger charge is 2.31. The lowest BCUT2D eigenvalue weighted by atomic mass is 9.75. The Balaban J connectivity index is 1.53. The number of halogens is 2. The van der Waals surface area contributed by atoms with Crippen molar-refractivity contribution in [1.82, 2.24) is 0 Å².